The number of rotatable bonds is 15. The molecule has 11 nitrogen and oxygen atoms in total. The van der Waals surface area contributed by atoms with Gasteiger partial charge in [0.2, 0.25) is 12.4 Å². The van der Waals surface area contributed by atoms with Gasteiger partial charge in [-0.2, -0.15) is 0 Å². The zero-order chi connectivity index (χ0) is 28.8. The molecule has 0 amide bonds. The van der Waals surface area contributed by atoms with Crippen LogP contribution in [0.25, 0.3) is 0 Å². The molecule has 0 radical (unpaired) electrons. The van der Waals surface area contributed by atoms with Gasteiger partial charge < -0.3 is 33.2 Å². The monoisotopic (exact) mass is 552 g/mol. The molecular weight excluding hydrogens is 512 g/mol. The fourth-order valence-corrected chi connectivity index (χ4v) is 4.10. The van der Waals surface area contributed by atoms with Crippen molar-refractivity contribution in [3.63, 3.8) is 0 Å². The zero-order valence-electron chi connectivity index (χ0n) is 23.3. The number of hydrogen-bond acceptors (Lipinski definition) is 11. The molecule has 1 aliphatic heterocycles. The highest BCUT2D eigenvalue weighted by molar-refractivity contribution is 5.68. The summed E-state index contributed by atoms with van der Waals surface area (Å²) in [6.07, 6.45) is 0.762. The largest absolute Gasteiger partial charge is 0.494 e. The van der Waals surface area contributed by atoms with E-state index in [4.69, 9.17) is 33.2 Å². The number of hydrogen-bond donors (Lipinski definition) is 0. The Balaban J connectivity index is 2.17. The van der Waals surface area contributed by atoms with Crippen molar-refractivity contribution in [1.82, 2.24) is 0 Å². The SMILES string of the molecule is CCCCCCCCOc1ccc(O[C@@H]2O[C@H](COC(C)=O)[C@@H](OC(C)=O)[C@H](OC(C)=O)[C@H]2OC(C)=O)cc1. The first-order valence-electron chi connectivity index (χ1n) is 13.3. The van der Waals surface area contributed by atoms with Crippen molar-refractivity contribution in [2.45, 2.75) is 104 Å². The Kier molecular flexibility index (Phi) is 13.6. The molecule has 1 fully saturated rings. The quantitative estimate of drug-likeness (QED) is 0.178. The first-order chi connectivity index (χ1) is 18.6. The van der Waals surface area contributed by atoms with Gasteiger partial charge in [-0.1, -0.05) is 39.0 Å². The van der Waals surface area contributed by atoms with Crippen molar-refractivity contribution in [2.75, 3.05) is 13.2 Å². The lowest BCUT2D eigenvalue weighted by atomic mass is 9.98. The first-order valence-corrected chi connectivity index (χ1v) is 13.3. The van der Waals surface area contributed by atoms with E-state index < -0.39 is 54.6 Å². The fourth-order valence-electron chi connectivity index (χ4n) is 4.10. The summed E-state index contributed by atoms with van der Waals surface area (Å²) in [5.74, 6) is -1.70. The number of unbranched alkanes of at least 4 members (excludes halogenated alkanes) is 5. The Labute approximate surface area is 229 Å². The van der Waals surface area contributed by atoms with Gasteiger partial charge in [0, 0.05) is 27.7 Å². The topological polar surface area (TPSA) is 133 Å². The maximum atomic E-state index is 11.9. The standard InChI is InChI=1S/C28H40O11/c1-6-7-8-9-10-11-16-33-22-12-14-23(15-13-22)38-28-27(37-21(5)32)26(36-20(4)31)25(35-19(3)30)24(39-28)17-34-18(2)29/h12-15,24-28H,6-11,16-17H2,1-5H3/t24-,25-,26+,27-,28-/m1/s1. The van der Waals surface area contributed by atoms with Gasteiger partial charge in [0.15, 0.2) is 12.2 Å². The van der Waals surface area contributed by atoms with Crippen molar-refractivity contribution in [2.24, 2.45) is 0 Å². The molecule has 0 unspecified atom stereocenters. The van der Waals surface area contributed by atoms with Crippen LogP contribution in [0.15, 0.2) is 24.3 Å². The third-order valence-corrected chi connectivity index (χ3v) is 5.79. The highest BCUT2D eigenvalue weighted by atomic mass is 16.7. The summed E-state index contributed by atoms with van der Waals surface area (Å²) in [5, 5.41) is 0. The predicted molar refractivity (Wildman–Crippen MR) is 138 cm³/mol. The van der Waals surface area contributed by atoms with Gasteiger partial charge >= 0.3 is 23.9 Å². The van der Waals surface area contributed by atoms with Crippen LogP contribution in [-0.4, -0.2) is 67.8 Å². The van der Waals surface area contributed by atoms with Crippen molar-refractivity contribution in [3.05, 3.63) is 24.3 Å². The molecule has 0 bridgehead atoms. The van der Waals surface area contributed by atoms with E-state index in [0.717, 1.165) is 26.7 Å². The normalized spacial score (nSPS) is 22.3. The number of ether oxygens (including phenoxy) is 7. The molecule has 1 aliphatic rings. The summed E-state index contributed by atoms with van der Waals surface area (Å²) < 4.78 is 39.0. The summed E-state index contributed by atoms with van der Waals surface area (Å²) in [6.45, 7) is 7.16. The van der Waals surface area contributed by atoms with E-state index in [-0.39, 0.29) is 6.61 Å². The minimum absolute atomic E-state index is 0.330. The van der Waals surface area contributed by atoms with E-state index >= 15 is 0 Å². The third kappa shape index (κ3) is 11.5. The lowest BCUT2D eigenvalue weighted by molar-refractivity contribution is -0.288. The van der Waals surface area contributed by atoms with Crippen LogP contribution in [-0.2, 0) is 42.9 Å². The molecule has 1 aromatic rings. The number of carbonyl (C=O) groups is 4. The van der Waals surface area contributed by atoms with Crippen LogP contribution >= 0.6 is 0 Å². The highest BCUT2D eigenvalue weighted by Gasteiger charge is 2.53. The Morgan fingerprint density at radius 2 is 1.23 bits per heavy atom. The Morgan fingerprint density at radius 1 is 0.692 bits per heavy atom. The summed E-state index contributed by atoms with van der Waals surface area (Å²) in [6, 6.07) is 6.78. The first kappa shape index (κ1) is 31.9. The van der Waals surface area contributed by atoms with E-state index in [0.29, 0.717) is 18.1 Å². The molecule has 1 aromatic carbocycles. The summed E-state index contributed by atoms with van der Waals surface area (Å²) in [4.78, 5) is 47.2. The average Bonchev–Trinajstić information content (AvgIpc) is 2.86. The van der Waals surface area contributed by atoms with Crippen LogP contribution < -0.4 is 9.47 Å². The van der Waals surface area contributed by atoms with Gasteiger partial charge in [0.1, 0.15) is 24.2 Å². The summed E-state index contributed by atoms with van der Waals surface area (Å²) in [7, 11) is 0. The van der Waals surface area contributed by atoms with Gasteiger partial charge in [-0.05, 0) is 30.7 Å². The molecule has 0 aliphatic carbocycles. The lowest BCUT2D eigenvalue weighted by Gasteiger charge is -2.43. The molecule has 218 valence electrons. The number of carbonyl (C=O) groups excluding carboxylic acids is 4. The molecule has 11 heteroatoms. The van der Waals surface area contributed by atoms with E-state index in [1.54, 1.807) is 24.3 Å². The molecule has 39 heavy (non-hydrogen) atoms. The minimum Gasteiger partial charge on any atom is -0.494 e. The molecule has 5 atom stereocenters. The smallest absolute Gasteiger partial charge is 0.303 e. The Morgan fingerprint density at radius 3 is 1.82 bits per heavy atom. The number of benzene rings is 1. The zero-order valence-corrected chi connectivity index (χ0v) is 23.3. The fraction of sp³-hybridized carbons (Fsp3) is 0.643. The van der Waals surface area contributed by atoms with Crippen molar-refractivity contribution < 1.29 is 52.3 Å². The molecular formula is C28H40O11. The summed E-state index contributed by atoms with van der Waals surface area (Å²) >= 11 is 0. The van der Waals surface area contributed by atoms with Crippen molar-refractivity contribution in [3.8, 4) is 11.5 Å². The molecule has 0 spiro atoms. The van der Waals surface area contributed by atoms with Crippen LogP contribution in [0.5, 0.6) is 11.5 Å². The van der Waals surface area contributed by atoms with Crippen LogP contribution in [0.1, 0.15) is 73.1 Å². The third-order valence-electron chi connectivity index (χ3n) is 5.79. The molecule has 1 saturated heterocycles. The van der Waals surface area contributed by atoms with Gasteiger partial charge in [0.25, 0.3) is 0 Å². The van der Waals surface area contributed by atoms with E-state index in [2.05, 4.69) is 6.92 Å². The molecule has 0 N–H and O–H groups in total. The van der Waals surface area contributed by atoms with Gasteiger partial charge in [-0.25, -0.2) is 0 Å². The summed E-state index contributed by atoms with van der Waals surface area (Å²) in [5.41, 5.74) is 0. The maximum Gasteiger partial charge on any atom is 0.303 e. The van der Waals surface area contributed by atoms with Crippen molar-refractivity contribution >= 4 is 23.9 Å². The van der Waals surface area contributed by atoms with Gasteiger partial charge in [0.05, 0.1) is 6.61 Å². The Hall–Kier alpha value is -3.34. The van der Waals surface area contributed by atoms with Crippen LogP contribution in [0, 0.1) is 0 Å². The second kappa shape index (κ2) is 16.6. The van der Waals surface area contributed by atoms with Gasteiger partial charge in [-0.15, -0.1) is 0 Å². The van der Waals surface area contributed by atoms with Crippen LogP contribution in [0.2, 0.25) is 0 Å². The second-order valence-electron chi connectivity index (χ2n) is 9.27. The number of esters is 4. The highest BCUT2D eigenvalue weighted by Crippen LogP contribution is 2.31. The molecule has 2 rings (SSSR count). The minimum atomic E-state index is -1.30. The van der Waals surface area contributed by atoms with Crippen LogP contribution in [0.3, 0.4) is 0 Å². The average molecular weight is 553 g/mol. The Bertz CT molecular complexity index is 930. The van der Waals surface area contributed by atoms with E-state index in [1.807, 2.05) is 0 Å². The van der Waals surface area contributed by atoms with Crippen LogP contribution in [0.4, 0.5) is 0 Å². The lowest BCUT2D eigenvalue weighted by Crippen LogP contribution is -2.63. The molecule has 1 heterocycles. The van der Waals surface area contributed by atoms with Crippen molar-refractivity contribution in [1.29, 1.82) is 0 Å². The second-order valence-corrected chi connectivity index (χ2v) is 9.27. The molecule has 0 aromatic heterocycles. The van der Waals surface area contributed by atoms with Gasteiger partial charge in [-0.3, -0.25) is 19.2 Å². The van der Waals surface area contributed by atoms with E-state index in [9.17, 15) is 19.2 Å². The molecule has 0 saturated carbocycles. The maximum absolute atomic E-state index is 11.9. The van der Waals surface area contributed by atoms with E-state index in [1.165, 1.54) is 39.5 Å². The predicted octanol–water partition coefficient (Wildman–Crippen LogP) is 3.89.